The molecule has 12 heavy (non-hydrogen) atoms. The van der Waals surface area contributed by atoms with Crippen LogP contribution in [0.4, 0.5) is 0 Å². The van der Waals surface area contributed by atoms with Crippen molar-refractivity contribution in [2.75, 3.05) is 6.61 Å². The Morgan fingerprint density at radius 3 is 2.25 bits per heavy atom. The van der Waals surface area contributed by atoms with Gasteiger partial charge in [0.15, 0.2) is 0 Å². The molecule has 0 aromatic heterocycles. The number of nitrogens with one attached hydrogen (secondary N) is 1. The maximum atomic E-state index is 9.42. The summed E-state index contributed by atoms with van der Waals surface area (Å²) >= 11 is 0. The normalized spacial score (nSPS) is 19.2. The van der Waals surface area contributed by atoms with Crippen molar-refractivity contribution in [3.63, 3.8) is 0 Å². The van der Waals surface area contributed by atoms with E-state index in [1.165, 1.54) is 0 Å². The minimum Gasteiger partial charge on any atom is -0.393 e. The molecule has 0 spiro atoms. The molecule has 2 atom stereocenters. The van der Waals surface area contributed by atoms with Gasteiger partial charge in [-0.2, -0.15) is 0 Å². The summed E-state index contributed by atoms with van der Waals surface area (Å²) in [6, 6.07) is 0. The summed E-state index contributed by atoms with van der Waals surface area (Å²) in [5.74, 6) is 0.0889. The lowest BCUT2D eigenvalue weighted by Gasteiger charge is -2.31. The highest BCUT2D eigenvalue weighted by Gasteiger charge is 2.25. The van der Waals surface area contributed by atoms with Crippen LogP contribution in [0.2, 0.25) is 0 Å². The highest BCUT2D eigenvalue weighted by atomic mass is 16.3. The lowest BCUT2D eigenvalue weighted by molar-refractivity contribution is 0.0302. The Bertz CT molecular complexity index is 124. The zero-order valence-corrected chi connectivity index (χ0v) is 8.04. The molecule has 0 amide bonds. The maximum Gasteiger partial charge on any atom is 0.108 e. The van der Waals surface area contributed by atoms with Crippen LogP contribution in [-0.2, 0) is 0 Å². The van der Waals surface area contributed by atoms with Gasteiger partial charge in [-0.3, -0.25) is 5.32 Å². The third kappa shape index (κ3) is 3.49. The fraction of sp³-hybridized carbons (Fsp3) is 1.00. The van der Waals surface area contributed by atoms with E-state index in [4.69, 9.17) is 10.8 Å². The van der Waals surface area contributed by atoms with Gasteiger partial charge in [-0.25, -0.2) is 0 Å². The molecule has 0 aliphatic heterocycles. The predicted octanol–water partition coefficient (Wildman–Crippen LogP) is -0.392. The van der Waals surface area contributed by atoms with Gasteiger partial charge < -0.3 is 15.9 Å². The number of hydrogen-bond donors (Lipinski definition) is 4. The summed E-state index contributed by atoms with van der Waals surface area (Å²) in [4.78, 5) is 0. The highest BCUT2D eigenvalue weighted by Crippen LogP contribution is 2.05. The van der Waals surface area contributed by atoms with Gasteiger partial charge in [0.25, 0.3) is 0 Å². The molecule has 0 radical (unpaired) electrons. The predicted molar refractivity (Wildman–Crippen MR) is 48.3 cm³/mol. The van der Waals surface area contributed by atoms with Crippen LogP contribution in [-0.4, -0.2) is 28.7 Å². The molecule has 74 valence electrons. The minimum atomic E-state index is -0.857. The second-order valence-corrected chi connectivity index (χ2v) is 3.50. The monoisotopic (exact) mass is 176 g/mol. The number of aliphatic hydroxyl groups excluding tert-OH is 2. The third-order valence-corrected chi connectivity index (χ3v) is 1.98. The van der Waals surface area contributed by atoms with Crippen molar-refractivity contribution in [3.8, 4) is 0 Å². The molecule has 0 bridgehead atoms. The first kappa shape index (κ1) is 11.8. The first-order valence-corrected chi connectivity index (χ1v) is 4.30. The van der Waals surface area contributed by atoms with Crippen molar-refractivity contribution in [1.29, 1.82) is 0 Å². The zero-order chi connectivity index (χ0) is 9.78. The molecule has 0 saturated heterocycles. The van der Waals surface area contributed by atoms with Gasteiger partial charge in [-0.05, 0) is 12.3 Å². The van der Waals surface area contributed by atoms with E-state index in [-0.39, 0.29) is 12.5 Å². The largest absolute Gasteiger partial charge is 0.393 e. The van der Waals surface area contributed by atoms with Crippen molar-refractivity contribution < 1.29 is 10.2 Å². The van der Waals surface area contributed by atoms with Crippen molar-refractivity contribution >= 4 is 0 Å². The van der Waals surface area contributed by atoms with Crippen LogP contribution in [0.3, 0.4) is 0 Å². The Morgan fingerprint density at radius 2 is 2.00 bits per heavy atom. The molecule has 2 unspecified atom stereocenters. The van der Waals surface area contributed by atoms with Crippen LogP contribution in [0.1, 0.15) is 27.2 Å². The van der Waals surface area contributed by atoms with Gasteiger partial charge in [0, 0.05) is 0 Å². The summed E-state index contributed by atoms with van der Waals surface area (Å²) in [5.41, 5.74) is 4.86. The average Bonchev–Trinajstić information content (AvgIpc) is 2.04. The lowest BCUT2D eigenvalue weighted by Crippen LogP contribution is -2.60. The Balaban J connectivity index is 4.02. The van der Waals surface area contributed by atoms with Crippen molar-refractivity contribution in [2.45, 2.75) is 39.1 Å². The number of aliphatic hydroxyl groups is 2. The van der Waals surface area contributed by atoms with Crippen molar-refractivity contribution in [1.82, 2.24) is 5.32 Å². The summed E-state index contributed by atoms with van der Waals surface area (Å²) in [5, 5.41) is 21.1. The molecule has 0 aliphatic carbocycles. The van der Waals surface area contributed by atoms with E-state index in [1.54, 1.807) is 0 Å². The third-order valence-electron chi connectivity index (χ3n) is 1.98. The van der Waals surface area contributed by atoms with Crippen LogP contribution in [0, 0.1) is 5.92 Å². The van der Waals surface area contributed by atoms with E-state index in [0.29, 0.717) is 6.42 Å². The molecule has 4 nitrogen and oxygen atoms in total. The van der Waals surface area contributed by atoms with Gasteiger partial charge in [0.05, 0.1) is 12.3 Å². The fourth-order valence-corrected chi connectivity index (χ4v) is 0.721. The molecule has 0 aromatic rings. The molecule has 0 aromatic carbocycles. The van der Waals surface area contributed by atoms with Crippen molar-refractivity contribution in [2.24, 2.45) is 11.7 Å². The quantitative estimate of drug-likeness (QED) is 0.430. The molecular weight excluding hydrogens is 156 g/mol. The van der Waals surface area contributed by atoms with E-state index < -0.39 is 11.9 Å². The Hall–Kier alpha value is -0.160. The van der Waals surface area contributed by atoms with E-state index in [2.05, 4.69) is 5.32 Å². The lowest BCUT2D eigenvalue weighted by atomic mass is 10.1. The van der Waals surface area contributed by atoms with Crippen LogP contribution < -0.4 is 11.1 Å². The molecule has 0 rings (SSSR count). The molecule has 4 heteroatoms. The van der Waals surface area contributed by atoms with E-state index in [9.17, 15) is 5.11 Å². The summed E-state index contributed by atoms with van der Waals surface area (Å²) < 4.78 is 0. The minimum absolute atomic E-state index is 0.0889. The highest BCUT2D eigenvalue weighted by molar-refractivity contribution is 4.80. The molecule has 0 aliphatic rings. The number of hydrogen-bond acceptors (Lipinski definition) is 4. The van der Waals surface area contributed by atoms with Crippen molar-refractivity contribution in [3.05, 3.63) is 0 Å². The molecule has 0 heterocycles. The molecule has 0 saturated carbocycles. The molecule has 0 fully saturated rings. The first-order chi connectivity index (χ1) is 5.45. The second kappa shape index (κ2) is 4.77. The smallest absolute Gasteiger partial charge is 0.108 e. The van der Waals surface area contributed by atoms with E-state index in [0.717, 1.165) is 0 Å². The SMILES string of the molecule is CCC(N)(CO)NC(O)C(C)C. The fourth-order valence-electron chi connectivity index (χ4n) is 0.721. The van der Waals surface area contributed by atoms with Crippen LogP contribution in [0.25, 0.3) is 0 Å². The Labute approximate surface area is 73.8 Å². The van der Waals surface area contributed by atoms with E-state index in [1.807, 2.05) is 20.8 Å². The van der Waals surface area contributed by atoms with Gasteiger partial charge in [-0.15, -0.1) is 0 Å². The second-order valence-electron chi connectivity index (χ2n) is 3.50. The van der Waals surface area contributed by atoms with Gasteiger partial charge in [-0.1, -0.05) is 20.8 Å². The number of rotatable bonds is 5. The van der Waals surface area contributed by atoms with Crippen LogP contribution >= 0.6 is 0 Å². The number of nitrogens with two attached hydrogens (primary N) is 1. The standard InChI is InChI=1S/C8H20N2O2/c1-4-8(9,5-11)10-7(12)6(2)3/h6-7,10-12H,4-5,9H2,1-3H3. The Kier molecular flexibility index (Phi) is 4.70. The Morgan fingerprint density at radius 1 is 1.50 bits per heavy atom. The van der Waals surface area contributed by atoms with E-state index >= 15 is 0 Å². The van der Waals surface area contributed by atoms with Gasteiger partial charge >= 0.3 is 0 Å². The van der Waals surface area contributed by atoms with Crippen LogP contribution in [0.5, 0.6) is 0 Å². The first-order valence-electron chi connectivity index (χ1n) is 4.30. The summed E-state index contributed by atoms with van der Waals surface area (Å²) in [7, 11) is 0. The molecular formula is C8H20N2O2. The average molecular weight is 176 g/mol. The van der Waals surface area contributed by atoms with Crippen LogP contribution in [0.15, 0.2) is 0 Å². The summed E-state index contributed by atoms with van der Waals surface area (Å²) in [6.45, 7) is 5.44. The van der Waals surface area contributed by atoms with Gasteiger partial charge in [0.1, 0.15) is 6.23 Å². The topological polar surface area (TPSA) is 78.5 Å². The van der Waals surface area contributed by atoms with Gasteiger partial charge in [0.2, 0.25) is 0 Å². The molecule has 5 N–H and O–H groups in total. The maximum absolute atomic E-state index is 9.42. The zero-order valence-electron chi connectivity index (χ0n) is 8.04. The summed E-state index contributed by atoms with van der Waals surface area (Å²) in [6.07, 6.45) is -0.0881.